The Labute approximate surface area is 608 Å². The molecule has 5 aliphatic rings. The molecule has 99 heavy (non-hydrogen) atoms. The van der Waals surface area contributed by atoms with Gasteiger partial charge in [-0.3, -0.25) is 9.69 Å². The van der Waals surface area contributed by atoms with Gasteiger partial charge in [-0.15, -0.1) is 0 Å². The maximum Gasteiger partial charge on any atom is 0.407 e. The quantitative estimate of drug-likeness (QED) is 0.0302. The summed E-state index contributed by atoms with van der Waals surface area (Å²) in [6.07, 6.45) is 72.9. The normalized spacial score (nSPS) is 22.5. The van der Waals surface area contributed by atoms with Gasteiger partial charge in [-0.25, -0.2) is 14.4 Å². The van der Waals surface area contributed by atoms with Crippen molar-refractivity contribution in [3.05, 3.63) is 12.8 Å². The van der Waals surface area contributed by atoms with Crippen LogP contribution >= 0.6 is 0 Å². The van der Waals surface area contributed by atoms with Gasteiger partial charge in [0.25, 0.3) is 0 Å². The first-order chi connectivity index (χ1) is 48.7. The smallest absolute Gasteiger partial charge is 0.407 e. The van der Waals surface area contributed by atoms with E-state index < -0.39 is 5.60 Å². The molecule has 3 amide bonds. The molecule has 14 nitrogen and oxygen atoms in total. The summed E-state index contributed by atoms with van der Waals surface area (Å²) in [5, 5.41) is 9.04. The molecule has 0 aromatic rings. The Morgan fingerprint density at radius 1 is 0.404 bits per heavy atom. The van der Waals surface area contributed by atoms with Gasteiger partial charge in [0.15, 0.2) is 0 Å². The van der Waals surface area contributed by atoms with Crippen LogP contribution in [0.15, 0.2) is 12.8 Å². The lowest BCUT2D eigenvalue weighted by Gasteiger charge is -2.60. The number of esters is 1. The molecule has 3 saturated carbocycles. The molecule has 2 saturated heterocycles. The number of alkyl carbamates (subject to hydrolysis) is 3. The number of nitrogens with zero attached hydrogens (tertiary/aromatic N) is 2. The van der Waals surface area contributed by atoms with Crippen molar-refractivity contribution >= 4 is 24.2 Å². The molecule has 9 atom stereocenters. The second-order valence-electron chi connectivity index (χ2n) is 31.7. The SMILES string of the molecule is C=CN(CCOC(=O)NCCCCCCCCCCCCCCCCCC)C1CCC2C(C1)OC1CC(N(CCOC(=O)NCCCCCCCCCCCCCCCCCC)CCOC(=O)NCCCCCCCCCCCCCCCCCC)CCC1C21OC(=O)C2CCCCC21. The highest BCUT2D eigenvalue weighted by atomic mass is 16.6. The van der Waals surface area contributed by atoms with E-state index in [0.29, 0.717) is 39.3 Å². The van der Waals surface area contributed by atoms with Gasteiger partial charge < -0.3 is 44.5 Å². The third kappa shape index (κ3) is 36.3. The molecular formula is C85H157N5O9. The topological polar surface area (TPSA) is 157 Å². The Balaban J connectivity index is 1.06. The number of fused-ring (bicyclic) bond motifs is 6. The van der Waals surface area contributed by atoms with Crippen LogP contribution in [0.25, 0.3) is 0 Å². The van der Waals surface area contributed by atoms with Crippen molar-refractivity contribution in [2.75, 3.05) is 59.1 Å². The predicted octanol–water partition coefficient (Wildman–Crippen LogP) is 22.9. The van der Waals surface area contributed by atoms with Gasteiger partial charge in [-0.05, 0) is 76.8 Å². The highest BCUT2D eigenvalue weighted by Gasteiger charge is 2.69. The van der Waals surface area contributed by atoms with E-state index in [2.05, 4.69) is 53.1 Å². The minimum absolute atomic E-state index is 0.00148. The summed E-state index contributed by atoms with van der Waals surface area (Å²) < 4.78 is 32.0. The molecule has 14 heteroatoms. The first-order valence-electron chi connectivity index (χ1n) is 43.5. The van der Waals surface area contributed by atoms with E-state index in [-0.39, 0.29) is 92.0 Å². The number of hydrogen-bond donors (Lipinski definition) is 3. The van der Waals surface area contributed by atoms with Gasteiger partial charge in [0.2, 0.25) is 0 Å². The Morgan fingerprint density at radius 3 is 1.05 bits per heavy atom. The fourth-order valence-corrected chi connectivity index (χ4v) is 18.1. The van der Waals surface area contributed by atoms with Crippen LogP contribution in [0.5, 0.6) is 0 Å². The van der Waals surface area contributed by atoms with E-state index in [1.807, 2.05) is 6.20 Å². The zero-order valence-corrected chi connectivity index (χ0v) is 64.8. The molecule has 1 spiro atoms. The summed E-state index contributed by atoms with van der Waals surface area (Å²) in [6.45, 7) is 15.2. The van der Waals surface area contributed by atoms with Crippen molar-refractivity contribution in [2.45, 2.75) is 423 Å². The van der Waals surface area contributed by atoms with E-state index in [0.717, 1.165) is 103 Å². The maximum atomic E-state index is 14.1. The van der Waals surface area contributed by atoms with E-state index in [1.165, 1.54) is 270 Å². The maximum absolute atomic E-state index is 14.1. The molecule has 2 aliphatic heterocycles. The second kappa shape index (κ2) is 57.1. The Morgan fingerprint density at radius 2 is 0.707 bits per heavy atom. The molecule has 3 aliphatic carbocycles. The van der Waals surface area contributed by atoms with Crippen LogP contribution in [0.1, 0.15) is 393 Å². The Bertz CT molecular complexity index is 1960. The summed E-state index contributed by atoms with van der Waals surface area (Å²) in [7, 11) is 0. The molecule has 9 unspecified atom stereocenters. The highest BCUT2D eigenvalue weighted by molar-refractivity contribution is 5.76. The lowest BCUT2D eigenvalue weighted by Crippen LogP contribution is -2.67. The largest absolute Gasteiger partial charge is 0.458 e. The van der Waals surface area contributed by atoms with E-state index >= 15 is 0 Å². The molecule has 2 heterocycles. The van der Waals surface area contributed by atoms with Crippen LogP contribution in [0.4, 0.5) is 14.4 Å². The van der Waals surface area contributed by atoms with Crippen LogP contribution in [0, 0.1) is 23.7 Å². The number of ether oxygens (including phenoxy) is 5. The summed E-state index contributed by atoms with van der Waals surface area (Å²) in [6, 6.07) is 0.230. The van der Waals surface area contributed by atoms with Crippen LogP contribution < -0.4 is 16.0 Å². The van der Waals surface area contributed by atoms with Crippen molar-refractivity contribution in [1.29, 1.82) is 0 Å². The van der Waals surface area contributed by atoms with Gasteiger partial charge in [-0.1, -0.05) is 329 Å². The second-order valence-corrected chi connectivity index (χ2v) is 31.7. The van der Waals surface area contributed by atoms with Crippen molar-refractivity contribution in [2.24, 2.45) is 23.7 Å². The molecule has 5 rings (SSSR count). The summed E-state index contributed by atoms with van der Waals surface area (Å²) in [4.78, 5) is 58.0. The number of rotatable bonds is 63. The molecule has 576 valence electrons. The standard InChI is InChI=1S/C85H157N5O9/c1-5-9-12-15-18-21-24-27-30-33-36-39-42-45-48-53-62-86-82(92)95-68-65-89(8-4)73-58-60-77-79(71-73)98-80-72-74(59-61-78(80)85(77)76-57-52-51-56-75(76)81(91)99-85)90(66-69-96-83(93)87-63-54-49-46-43-40-37-34-31-28-25-22-19-16-13-10-6-2)67-70-97-84(94)88-64-55-50-47-44-41-38-35-32-29-26-23-20-17-14-11-7-3/h8,73-80H,4-7,9-72H2,1-3H3,(H,86,92)(H,87,93)(H,88,94). The van der Waals surface area contributed by atoms with Crippen molar-refractivity contribution in [1.82, 2.24) is 25.8 Å². The van der Waals surface area contributed by atoms with Gasteiger partial charge in [0.1, 0.15) is 25.4 Å². The molecule has 5 fully saturated rings. The van der Waals surface area contributed by atoms with Crippen molar-refractivity contribution in [3.8, 4) is 0 Å². The molecule has 0 radical (unpaired) electrons. The van der Waals surface area contributed by atoms with Gasteiger partial charge in [-0.2, -0.15) is 0 Å². The minimum Gasteiger partial charge on any atom is -0.458 e. The van der Waals surface area contributed by atoms with Gasteiger partial charge >= 0.3 is 24.2 Å². The predicted molar refractivity (Wildman–Crippen MR) is 410 cm³/mol. The first-order valence-corrected chi connectivity index (χ1v) is 43.5. The van der Waals surface area contributed by atoms with Crippen LogP contribution in [-0.2, 0) is 28.5 Å². The average molecular weight is 1390 g/mol. The Hall–Kier alpha value is -3.26. The fourth-order valence-electron chi connectivity index (χ4n) is 18.1. The van der Waals surface area contributed by atoms with Crippen LogP contribution in [0.3, 0.4) is 0 Å². The molecule has 0 aromatic heterocycles. The van der Waals surface area contributed by atoms with E-state index in [4.69, 9.17) is 23.7 Å². The number of carbonyl (C=O) groups is 4. The number of amides is 3. The Kier molecular flexibility index (Phi) is 49.8. The molecule has 3 N–H and O–H groups in total. The lowest BCUT2D eigenvalue weighted by atomic mass is 9.54. The third-order valence-corrected chi connectivity index (χ3v) is 23.9. The number of unbranched alkanes of at least 4 members (excludes halogenated alkanes) is 45. The summed E-state index contributed by atoms with van der Waals surface area (Å²) in [5.74, 6) is 0.325. The van der Waals surface area contributed by atoms with Gasteiger partial charge in [0, 0.05) is 62.6 Å². The molecule has 0 aromatic carbocycles. The van der Waals surface area contributed by atoms with E-state index in [1.54, 1.807) is 0 Å². The van der Waals surface area contributed by atoms with Gasteiger partial charge in [0.05, 0.1) is 24.7 Å². The first kappa shape index (κ1) is 86.4. The van der Waals surface area contributed by atoms with Crippen molar-refractivity contribution in [3.63, 3.8) is 0 Å². The monoisotopic (exact) mass is 1390 g/mol. The van der Waals surface area contributed by atoms with Crippen LogP contribution in [-0.4, -0.2) is 123 Å². The highest BCUT2D eigenvalue weighted by Crippen LogP contribution is 2.62. The number of nitrogens with one attached hydrogen (secondary N) is 3. The third-order valence-electron chi connectivity index (χ3n) is 23.9. The average Bonchev–Trinajstić information content (AvgIpc) is 1.62. The summed E-state index contributed by atoms with van der Waals surface area (Å²) in [5.41, 5.74) is -0.565. The number of hydrogen-bond acceptors (Lipinski definition) is 11. The summed E-state index contributed by atoms with van der Waals surface area (Å²) >= 11 is 0. The van der Waals surface area contributed by atoms with Crippen LogP contribution in [0.2, 0.25) is 0 Å². The van der Waals surface area contributed by atoms with E-state index in [9.17, 15) is 19.2 Å². The zero-order valence-electron chi connectivity index (χ0n) is 64.8. The lowest BCUT2D eigenvalue weighted by molar-refractivity contribution is -0.263. The minimum atomic E-state index is -0.565. The number of carbonyl (C=O) groups excluding carboxylic acids is 4. The molecule has 0 bridgehead atoms. The fraction of sp³-hybridized carbons (Fsp3) is 0.929. The molecular weight excluding hydrogens is 1230 g/mol. The van der Waals surface area contributed by atoms with Crippen molar-refractivity contribution < 1.29 is 42.9 Å². The zero-order chi connectivity index (χ0) is 70.3.